The van der Waals surface area contributed by atoms with Crippen molar-refractivity contribution in [1.82, 2.24) is 0 Å². The lowest BCUT2D eigenvalue weighted by atomic mass is 9.83. The summed E-state index contributed by atoms with van der Waals surface area (Å²) in [5, 5.41) is 9.75. The Labute approximate surface area is 150 Å². The summed E-state index contributed by atoms with van der Waals surface area (Å²) < 4.78 is 18.9. The van der Waals surface area contributed by atoms with Gasteiger partial charge in [-0.25, -0.2) is 9.38 Å². The summed E-state index contributed by atoms with van der Waals surface area (Å²) in [5.74, 6) is -0.110. The first-order valence-electron chi connectivity index (χ1n) is 8.21. The Bertz CT molecular complexity index is 985. The minimum atomic E-state index is -0.829. The molecule has 0 aliphatic carbocycles. The summed E-state index contributed by atoms with van der Waals surface area (Å²) in [5.41, 5.74) is 8.47. The van der Waals surface area contributed by atoms with Gasteiger partial charge in [-0.15, -0.1) is 0 Å². The van der Waals surface area contributed by atoms with Crippen LogP contribution in [-0.4, -0.2) is 17.7 Å². The fourth-order valence-electron chi connectivity index (χ4n) is 3.26. The van der Waals surface area contributed by atoms with E-state index in [1.165, 1.54) is 12.1 Å². The van der Waals surface area contributed by atoms with Crippen LogP contribution in [0, 0.1) is 5.82 Å². The Balaban J connectivity index is 1.85. The Morgan fingerprint density at radius 3 is 2.27 bits per heavy atom. The van der Waals surface area contributed by atoms with Gasteiger partial charge >= 0.3 is 0 Å². The van der Waals surface area contributed by atoms with Crippen LogP contribution in [0.2, 0.25) is 0 Å². The molecule has 1 unspecified atom stereocenters. The molecule has 130 valence electrons. The zero-order valence-electron chi connectivity index (χ0n) is 13.9. The highest BCUT2D eigenvalue weighted by Gasteiger charge is 2.40. The summed E-state index contributed by atoms with van der Waals surface area (Å²) in [6.07, 6.45) is 0. The molecule has 0 bridgehead atoms. The van der Waals surface area contributed by atoms with Gasteiger partial charge in [0.25, 0.3) is 6.02 Å². The van der Waals surface area contributed by atoms with Crippen LogP contribution in [-0.2, 0) is 10.3 Å². The molecule has 0 saturated carbocycles. The monoisotopic (exact) mass is 348 g/mol. The van der Waals surface area contributed by atoms with E-state index in [0.29, 0.717) is 0 Å². The first-order valence-corrected chi connectivity index (χ1v) is 8.21. The van der Waals surface area contributed by atoms with E-state index in [1.807, 2.05) is 30.3 Å². The molecule has 0 spiro atoms. The number of hydrogen-bond acceptors (Lipinski definition) is 4. The number of nitrogens with zero attached hydrogens (tertiary/aromatic N) is 1. The number of ether oxygens (including phenoxy) is 1. The summed E-state index contributed by atoms with van der Waals surface area (Å²) in [6, 6.07) is 21.2. The van der Waals surface area contributed by atoms with E-state index in [1.54, 1.807) is 30.3 Å². The van der Waals surface area contributed by atoms with E-state index in [0.717, 1.165) is 22.3 Å². The maximum Gasteiger partial charge on any atom is 0.283 e. The third kappa shape index (κ3) is 2.77. The maximum atomic E-state index is 13.4. The molecule has 5 heteroatoms. The number of aliphatic imine (C=N–C) groups is 1. The van der Waals surface area contributed by atoms with Gasteiger partial charge in [-0.1, -0.05) is 42.5 Å². The normalized spacial score (nSPS) is 19.0. The largest absolute Gasteiger partial charge is 0.508 e. The van der Waals surface area contributed by atoms with Crippen LogP contribution in [0.1, 0.15) is 11.1 Å². The van der Waals surface area contributed by atoms with Gasteiger partial charge in [0.05, 0.1) is 0 Å². The van der Waals surface area contributed by atoms with Gasteiger partial charge in [0.1, 0.15) is 18.2 Å². The number of aromatic hydroxyl groups is 1. The average molecular weight is 348 g/mol. The van der Waals surface area contributed by atoms with Crippen molar-refractivity contribution >= 4 is 6.02 Å². The molecule has 0 aromatic heterocycles. The molecule has 1 atom stereocenters. The molecule has 4 nitrogen and oxygen atoms in total. The van der Waals surface area contributed by atoms with Crippen molar-refractivity contribution in [2.24, 2.45) is 10.7 Å². The number of amidine groups is 1. The predicted molar refractivity (Wildman–Crippen MR) is 98.3 cm³/mol. The number of phenols is 1. The van der Waals surface area contributed by atoms with Crippen molar-refractivity contribution < 1.29 is 14.2 Å². The quantitative estimate of drug-likeness (QED) is 0.757. The highest BCUT2D eigenvalue weighted by Crippen LogP contribution is 2.39. The standard InChI is InChI=1S/C21H17FN2O2/c22-18-9-7-16(8-10-18)21(13-26-20(23)24-21)17-5-1-3-14(11-17)15-4-2-6-19(25)12-15/h1-12,25H,13H2,(H2,23,24). The van der Waals surface area contributed by atoms with Crippen LogP contribution in [0.3, 0.4) is 0 Å². The molecule has 1 aliphatic rings. The van der Waals surface area contributed by atoms with Crippen molar-refractivity contribution in [1.29, 1.82) is 0 Å². The van der Waals surface area contributed by atoms with Crippen LogP contribution in [0.25, 0.3) is 11.1 Å². The van der Waals surface area contributed by atoms with Crippen molar-refractivity contribution in [3.8, 4) is 16.9 Å². The second-order valence-electron chi connectivity index (χ2n) is 6.24. The summed E-state index contributed by atoms with van der Waals surface area (Å²) >= 11 is 0. The predicted octanol–water partition coefficient (Wildman–Crippen LogP) is 3.79. The van der Waals surface area contributed by atoms with Gasteiger partial charge in [-0.05, 0) is 52.6 Å². The second-order valence-corrected chi connectivity index (χ2v) is 6.24. The lowest BCUT2D eigenvalue weighted by Gasteiger charge is -2.25. The summed E-state index contributed by atoms with van der Waals surface area (Å²) in [6.45, 7) is 0.244. The number of benzene rings is 3. The van der Waals surface area contributed by atoms with Gasteiger partial charge in [0.15, 0.2) is 5.54 Å². The van der Waals surface area contributed by atoms with Crippen LogP contribution in [0.15, 0.2) is 77.8 Å². The Morgan fingerprint density at radius 1 is 0.923 bits per heavy atom. The molecule has 0 radical (unpaired) electrons. The van der Waals surface area contributed by atoms with Gasteiger partial charge in [0.2, 0.25) is 0 Å². The van der Waals surface area contributed by atoms with Gasteiger partial charge < -0.3 is 15.6 Å². The number of phenolic OH excluding ortho intramolecular Hbond substituents is 1. The zero-order valence-corrected chi connectivity index (χ0v) is 13.9. The number of rotatable bonds is 3. The van der Waals surface area contributed by atoms with Crippen molar-refractivity contribution in [3.05, 3.63) is 89.7 Å². The maximum absolute atomic E-state index is 13.4. The SMILES string of the molecule is NC1=NC(c2ccc(F)cc2)(c2cccc(-c3cccc(O)c3)c2)CO1. The molecule has 0 amide bonds. The first-order chi connectivity index (χ1) is 12.6. The molecule has 1 heterocycles. The Morgan fingerprint density at radius 2 is 1.62 bits per heavy atom. The molecular weight excluding hydrogens is 331 g/mol. The first kappa shape index (κ1) is 16.1. The van der Waals surface area contributed by atoms with Gasteiger partial charge in [0, 0.05) is 0 Å². The summed E-state index contributed by atoms with van der Waals surface area (Å²) in [4.78, 5) is 4.54. The smallest absolute Gasteiger partial charge is 0.283 e. The molecule has 3 N–H and O–H groups in total. The van der Waals surface area contributed by atoms with Crippen molar-refractivity contribution in [2.45, 2.75) is 5.54 Å². The highest BCUT2D eigenvalue weighted by molar-refractivity contribution is 5.76. The molecule has 3 aromatic carbocycles. The van der Waals surface area contributed by atoms with Gasteiger partial charge in [-0.2, -0.15) is 0 Å². The third-order valence-corrected chi connectivity index (χ3v) is 4.57. The Hall–Kier alpha value is -3.34. The van der Waals surface area contributed by atoms with E-state index in [4.69, 9.17) is 10.5 Å². The summed E-state index contributed by atoms with van der Waals surface area (Å²) in [7, 11) is 0. The lowest BCUT2D eigenvalue weighted by molar-refractivity contribution is 0.278. The van der Waals surface area contributed by atoms with Crippen LogP contribution in [0.4, 0.5) is 4.39 Å². The van der Waals surface area contributed by atoms with E-state index in [2.05, 4.69) is 4.99 Å². The number of halogens is 1. The van der Waals surface area contributed by atoms with E-state index in [9.17, 15) is 9.50 Å². The van der Waals surface area contributed by atoms with Crippen LogP contribution < -0.4 is 5.73 Å². The molecule has 0 fully saturated rings. The minimum absolute atomic E-state index is 0.108. The zero-order chi connectivity index (χ0) is 18.1. The van der Waals surface area contributed by atoms with Crippen molar-refractivity contribution in [2.75, 3.05) is 6.61 Å². The number of nitrogens with two attached hydrogens (primary N) is 1. The number of hydrogen-bond donors (Lipinski definition) is 2. The third-order valence-electron chi connectivity index (χ3n) is 4.57. The lowest BCUT2D eigenvalue weighted by Crippen LogP contribution is -2.27. The second kappa shape index (κ2) is 6.19. The fourth-order valence-corrected chi connectivity index (χ4v) is 3.26. The van der Waals surface area contributed by atoms with Crippen LogP contribution >= 0.6 is 0 Å². The molecule has 4 rings (SSSR count). The minimum Gasteiger partial charge on any atom is -0.508 e. The van der Waals surface area contributed by atoms with E-state index in [-0.39, 0.29) is 24.2 Å². The molecule has 3 aromatic rings. The van der Waals surface area contributed by atoms with Gasteiger partial charge in [-0.3, -0.25) is 0 Å². The molecular formula is C21H17FN2O2. The van der Waals surface area contributed by atoms with E-state index < -0.39 is 5.54 Å². The molecule has 1 aliphatic heterocycles. The average Bonchev–Trinajstić information content (AvgIpc) is 3.05. The molecule has 0 saturated heterocycles. The molecule has 26 heavy (non-hydrogen) atoms. The van der Waals surface area contributed by atoms with Crippen molar-refractivity contribution in [3.63, 3.8) is 0 Å². The fraction of sp³-hybridized carbons (Fsp3) is 0.0952. The highest BCUT2D eigenvalue weighted by atomic mass is 19.1. The topological polar surface area (TPSA) is 67.8 Å². The van der Waals surface area contributed by atoms with Crippen LogP contribution in [0.5, 0.6) is 5.75 Å². The Kier molecular flexibility index (Phi) is 3.84. The van der Waals surface area contributed by atoms with E-state index >= 15 is 0 Å².